The molecule has 8 aromatic rings. The molecule has 3 heterocycles. The fraction of sp³-hybridized carbons (Fsp3) is 0.344. The largest absolute Gasteiger partial charge is 0.376 e. The maximum absolute atomic E-state index is 2.75. The summed E-state index contributed by atoms with van der Waals surface area (Å²) in [7, 11) is 0. The van der Waals surface area contributed by atoms with Gasteiger partial charge in [-0.25, -0.2) is 0 Å². The quantitative estimate of drug-likeness (QED) is 0.150. The third kappa shape index (κ3) is 4.74. The van der Waals surface area contributed by atoms with Gasteiger partial charge in [0.25, 0.3) is 0 Å². The number of benzene rings is 7. The van der Waals surface area contributed by atoms with Gasteiger partial charge in [0, 0.05) is 38.8 Å². The Morgan fingerprint density at radius 1 is 0.469 bits per heavy atom. The second-order valence-electron chi connectivity index (χ2n) is 24.0. The maximum Gasteiger partial charge on any atom is 0.333 e. The van der Waals surface area contributed by atoms with Gasteiger partial charge in [0.2, 0.25) is 0 Å². The Hall–Kier alpha value is -5.54. The first-order valence-corrected chi connectivity index (χ1v) is 24.2. The van der Waals surface area contributed by atoms with Crippen LogP contribution in [-0.4, -0.2) is 11.4 Å². The average molecular weight is 833 g/mol. The van der Waals surface area contributed by atoms with Gasteiger partial charge in [-0.05, 0) is 175 Å². The minimum Gasteiger partial charge on any atom is -0.376 e. The van der Waals surface area contributed by atoms with E-state index in [0.29, 0.717) is 0 Å². The number of rotatable bonds is 1. The van der Waals surface area contributed by atoms with Crippen molar-refractivity contribution in [1.82, 2.24) is 4.57 Å². The Morgan fingerprint density at radius 3 is 1.72 bits per heavy atom. The highest BCUT2D eigenvalue weighted by atomic mass is 15.1. The fourth-order valence-electron chi connectivity index (χ4n) is 13.8. The summed E-state index contributed by atoms with van der Waals surface area (Å²) in [6, 6.07) is 41.8. The summed E-state index contributed by atoms with van der Waals surface area (Å²) in [6.07, 6.45) is 4.80. The van der Waals surface area contributed by atoms with E-state index in [2.05, 4.69) is 196 Å². The standard InChI is InChI=1S/C61H61BN2/c1-34-17-20-36(21-18-34)64-49-24-22-41-52(39-30-43-45(32-42(39)61(41,11)12)59(7,8)27-25-57(43,3)4)54(49)53-38-16-14-13-15-37(38)51-40-31-44-46(60(9,10)28-26-58(44,5)6)33-50(40)63-48-23-19-35(2)29-47(48)62(64)55(53)56(51)63/h13-24,29-33H,25-28H2,1-12H3. The third-order valence-electron chi connectivity index (χ3n) is 17.8. The van der Waals surface area contributed by atoms with Gasteiger partial charge in [0.1, 0.15) is 0 Å². The van der Waals surface area contributed by atoms with Crippen molar-refractivity contribution in [2.75, 3.05) is 4.81 Å². The summed E-state index contributed by atoms with van der Waals surface area (Å²) in [5.74, 6) is 0. The number of anilines is 2. The van der Waals surface area contributed by atoms with E-state index in [1.165, 1.54) is 147 Å². The van der Waals surface area contributed by atoms with Gasteiger partial charge >= 0.3 is 6.85 Å². The highest BCUT2D eigenvalue weighted by Crippen LogP contribution is 2.61. The van der Waals surface area contributed by atoms with Crippen LogP contribution in [0.3, 0.4) is 0 Å². The van der Waals surface area contributed by atoms with E-state index in [9.17, 15) is 0 Å². The van der Waals surface area contributed by atoms with Crippen LogP contribution >= 0.6 is 0 Å². The molecule has 5 aliphatic rings. The van der Waals surface area contributed by atoms with Gasteiger partial charge in [0.05, 0.1) is 11.0 Å². The van der Waals surface area contributed by atoms with Crippen molar-refractivity contribution < 1.29 is 0 Å². The number of nitrogens with zero attached hydrogens (tertiary/aromatic N) is 2. The number of aromatic nitrogens is 1. The van der Waals surface area contributed by atoms with Crippen LogP contribution in [-0.2, 0) is 27.1 Å². The molecule has 1 aromatic heterocycles. The topological polar surface area (TPSA) is 8.17 Å². The summed E-state index contributed by atoms with van der Waals surface area (Å²) in [6.45, 7) is 29.3. The zero-order valence-electron chi connectivity index (χ0n) is 40.1. The molecule has 0 spiro atoms. The smallest absolute Gasteiger partial charge is 0.333 e. The Morgan fingerprint density at radius 2 is 1.05 bits per heavy atom. The van der Waals surface area contributed by atoms with Gasteiger partial charge < -0.3 is 9.38 Å². The Labute approximate surface area is 380 Å². The monoisotopic (exact) mass is 832 g/mol. The van der Waals surface area contributed by atoms with Crippen molar-refractivity contribution in [3.05, 3.63) is 148 Å². The predicted octanol–water partition coefficient (Wildman–Crippen LogP) is 14.8. The fourth-order valence-corrected chi connectivity index (χ4v) is 13.8. The van der Waals surface area contributed by atoms with Crippen LogP contribution in [0, 0.1) is 13.8 Å². The molecule has 0 fully saturated rings. The van der Waals surface area contributed by atoms with Gasteiger partial charge in [-0.1, -0.05) is 141 Å². The molecule has 13 rings (SSSR count). The predicted molar refractivity (Wildman–Crippen MR) is 275 cm³/mol. The van der Waals surface area contributed by atoms with Gasteiger partial charge in [-0.2, -0.15) is 0 Å². The first-order chi connectivity index (χ1) is 30.3. The summed E-state index contributed by atoms with van der Waals surface area (Å²) in [5, 5.41) is 5.52. The molecule has 0 amide bonds. The molecule has 0 N–H and O–H groups in total. The first kappa shape index (κ1) is 38.9. The SMILES string of the molecule is Cc1ccc(N2B3c4cc(C)ccc4-n4c5cc6c(cc5c5c7ccccc7c(c3c54)-c3c2ccc2c3-c3cc4c(cc3C2(C)C)C(C)(C)CCC4(C)C)C(C)(C)CCC6(C)C)cc1. The van der Waals surface area contributed by atoms with Crippen molar-refractivity contribution in [1.29, 1.82) is 0 Å². The van der Waals surface area contributed by atoms with Crippen molar-refractivity contribution >= 4 is 61.7 Å². The molecule has 2 nitrogen and oxygen atoms in total. The first-order valence-electron chi connectivity index (χ1n) is 24.2. The van der Waals surface area contributed by atoms with Crippen LogP contribution in [0.25, 0.3) is 60.5 Å². The Bertz CT molecular complexity index is 3440. The average Bonchev–Trinajstić information content (AvgIpc) is 3.71. The molecular weight excluding hydrogens is 771 g/mol. The summed E-state index contributed by atoms with van der Waals surface area (Å²) >= 11 is 0. The minimum absolute atomic E-state index is 0.0262. The lowest BCUT2D eigenvalue weighted by Crippen LogP contribution is -2.60. The lowest BCUT2D eigenvalue weighted by Gasteiger charge is -2.43. The van der Waals surface area contributed by atoms with Gasteiger partial charge in [0.15, 0.2) is 0 Å². The molecule has 7 aromatic carbocycles. The highest BCUT2D eigenvalue weighted by Gasteiger charge is 2.50. The molecule has 3 heteroatoms. The lowest BCUT2D eigenvalue weighted by molar-refractivity contribution is 0.331. The molecular formula is C61H61BN2. The van der Waals surface area contributed by atoms with Crippen LogP contribution in [0.2, 0.25) is 0 Å². The van der Waals surface area contributed by atoms with E-state index >= 15 is 0 Å². The molecule has 0 radical (unpaired) electrons. The molecule has 0 saturated heterocycles. The van der Waals surface area contributed by atoms with Crippen molar-refractivity contribution in [2.45, 2.75) is 136 Å². The second kappa shape index (κ2) is 12.0. The van der Waals surface area contributed by atoms with Crippen molar-refractivity contribution in [3.63, 3.8) is 0 Å². The molecule has 3 aliphatic carbocycles. The molecule has 2 aliphatic heterocycles. The Balaban J connectivity index is 1.26. The zero-order valence-corrected chi connectivity index (χ0v) is 40.1. The van der Waals surface area contributed by atoms with Crippen LogP contribution in [0.15, 0.2) is 103 Å². The second-order valence-corrected chi connectivity index (χ2v) is 24.0. The molecule has 0 unspecified atom stereocenters. The molecule has 0 bridgehead atoms. The van der Waals surface area contributed by atoms with Crippen LogP contribution < -0.4 is 15.7 Å². The van der Waals surface area contributed by atoms with E-state index in [4.69, 9.17) is 0 Å². The number of fused-ring (bicyclic) bond motifs is 17. The summed E-state index contributed by atoms with van der Waals surface area (Å²) in [4.78, 5) is 2.75. The minimum atomic E-state index is -0.160. The van der Waals surface area contributed by atoms with Crippen LogP contribution in [0.4, 0.5) is 11.4 Å². The van der Waals surface area contributed by atoms with E-state index in [1.807, 2.05) is 0 Å². The van der Waals surface area contributed by atoms with E-state index < -0.39 is 0 Å². The Kier molecular flexibility index (Phi) is 7.30. The van der Waals surface area contributed by atoms with Crippen molar-refractivity contribution in [3.8, 4) is 27.9 Å². The van der Waals surface area contributed by atoms with Crippen LogP contribution in [0.5, 0.6) is 0 Å². The highest BCUT2D eigenvalue weighted by molar-refractivity contribution is 6.94. The number of aryl methyl sites for hydroxylation is 2. The number of hydrogen-bond acceptors (Lipinski definition) is 1. The molecule has 0 saturated carbocycles. The normalized spacial score (nSPS) is 19.6. The lowest BCUT2D eigenvalue weighted by atomic mass is 9.43. The molecule has 318 valence electrons. The van der Waals surface area contributed by atoms with E-state index in [1.54, 1.807) is 5.56 Å². The molecule has 0 atom stereocenters. The van der Waals surface area contributed by atoms with E-state index in [0.717, 1.165) is 0 Å². The zero-order chi connectivity index (χ0) is 44.4. The van der Waals surface area contributed by atoms with E-state index in [-0.39, 0.29) is 33.9 Å². The van der Waals surface area contributed by atoms with Gasteiger partial charge in [-0.3, -0.25) is 0 Å². The van der Waals surface area contributed by atoms with Crippen molar-refractivity contribution in [2.24, 2.45) is 0 Å². The van der Waals surface area contributed by atoms with Crippen LogP contribution in [0.1, 0.15) is 139 Å². The summed E-state index contributed by atoms with van der Waals surface area (Å²) in [5.41, 5.74) is 27.0. The number of hydrogen-bond donors (Lipinski definition) is 0. The third-order valence-corrected chi connectivity index (χ3v) is 17.8. The molecule has 64 heavy (non-hydrogen) atoms. The van der Waals surface area contributed by atoms with Gasteiger partial charge in [-0.15, -0.1) is 0 Å². The summed E-state index contributed by atoms with van der Waals surface area (Å²) < 4.78 is 2.72. The maximum atomic E-state index is 2.75.